The van der Waals surface area contributed by atoms with E-state index in [1.54, 1.807) is 0 Å². The predicted octanol–water partition coefficient (Wildman–Crippen LogP) is 20.0. The molecule has 3 N–H and O–H groups in total. The lowest BCUT2D eigenvalue weighted by Gasteiger charge is -2.19. The van der Waals surface area contributed by atoms with Crippen LogP contribution in [0.3, 0.4) is 0 Å². The molecular formula is C63H120NO8P. The molecule has 0 amide bonds. The highest BCUT2D eigenvalue weighted by Gasteiger charge is 2.26. The minimum absolute atomic E-state index is 0.0532. The van der Waals surface area contributed by atoms with E-state index in [0.29, 0.717) is 6.42 Å². The van der Waals surface area contributed by atoms with Crippen LogP contribution in [0.25, 0.3) is 0 Å². The van der Waals surface area contributed by atoms with E-state index in [2.05, 4.69) is 50.3 Å². The molecule has 2 atom stereocenters. The molecule has 0 aliphatic carbocycles. The van der Waals surface area contributed by atoms with E-state index in [0.717, 1.165) is 51.4 Å². The zero-order chi connectivity index (χ0) is 53.1. The summed E-state index contributed by atoms with van der Waals surface area (Å²) in [5.74, 6) is -0.822. The molecule has 0 aliphatic heterocycles. The molecule has 0 saturated carbocycles. The van der Waals surface area contributed by atoms with Crippen LogP contribution in [0.1, 0.15) is 322 Å². The fourth-order valence-corrected chi connectivity index (χ4v) is 10.1. The van der Waals surface area contributed by atoms with Crippen LogP contribution in [0.2, 0.25) is 0 Å². The van der Waals surface area contributed by atoms with Crippen molar-refractivity contribution in [1.29, 1.82) is 0 Å². The summed E-state index contributed by atoms with van der Waals surface area (Å²) in [6, 6.07) is 0. The van der Waals surface area contributed by atoms with Crippen molar-refractivity contribution < 1.29 is 37.6 Å². The molecule has 0 aromatic heterocycles. The van der Waals surface area contributed by atoms with Crippen LogP contribution in [0.5, 0.6) is 0 Å². The van der Waals surface area contributed by atoms with Gasteiger partial charge in [0.15, 0.2) is 6.10 Å². The summed E-state index contributed by atoms with van der Waals surface area (Å²) in [5.41, 5.74) is 5.38. The number of carbonyl (C=O) groups is 2. The first-order valence-electron chi connectivity index (χ1n) is 31.5. The molecule has 0 aromatic rings. The first-order chi connectivity index (χ1) is 35.8. The molecule has 0 radical (unpaired) electrons. The Morgan fingerprint density at radius 1 is 0.411 bits per heavy atom. The molecule has 0 bridgehead atoms. The van der Waals surface area contributed by atoms with Gasteiger partial charge in [-0.05, 0) is 70.6 Å². The fourth-order valence-electron chi connectivity index (χ4n) is 9.31. The first-order valence-corrected chi connectivity index (χ1v) is 33.0. The topological polar surface area (TPSA) is 134 Å². The third kappa shape index (κ3) is 59.3. The summed E-state index contributed by atoms with van der Waals surface area (Å²) >= 11 is 0. The first kappa shape index (κ1) is 71.2. The predicted molar refractivity (Wildman–Crippen MR) is 312 cm³/mol. The average molecular weight is 1050 g/mol. The van der Waals surface area contributed by atoms with Gasteiger partial charge in [0.1, 0.15) is 6.61 Å². The van der Waals surface area contributed by atoms with Gasteiger partial charge in [-0.1, -0.05) is 275 Å². The quantitative estimate of drug-likeness (QED) is 0.0264. The van der Waals surface area contributed by atoms with Crippen LogP contribution < -0.4 is 5.73 Å². The average Bonchev–Trinajstić information content (AvgIpc) is 3.38. The van der Waals surface area contributed by atoms with Crippen molar-refractivity contribution in [2.75, 3.05) is 26.4 Å². The largest absolute Gasteiger partial charge is 0.472 e. The van der Waals surface area contributed by atoms with Crippen molar-refractivity contribution in [3.05, 3.63) is 36.5 Å². The molecule has 0 aliphatic rings. The van der Waals surface area contributed by atoms with Gasteiger partial charge in [-0.25, -0.2) is 4.57 Å². The summed E-state index contributed by atoms with van der Waals surface area (Å²) in [7, 11) is -4.39. The number of esters is 2. The number of phosphoric ester groups is 1. The van der Waals surface area contributed by atoms with Crippen molar-refractivity contribution in [2.24, 2.45) is 5.73 Å². The number of carbonyl (C=O) groups excluding carboxylic acids is 2. The van der Waals surface area contributed by atoms with E-state index in [4.69, 9.17) is 24.3 Å². The van der Waals surface area contributed by atoms with E-state index in [-0.39, 0.29) is 38.6 Å². The van der Waals surface area contributed by atoms with Gasteiger partial charge < -0.3 is 20.1 Å². The second kappa shape index (κ2) is 59.5. The lowest BCUT2D eigenvalue weighted by molar-refractivity contribution is -0.161. The Morgan fingerprint density at radius 3 is 1.08 bits per heavy atom. The highest BCUT2D eigenvalue weighted by Crippen LogP contribution is 2.43. The standard InChI is InChI=1S/C63H120NO8P/c1-3-5-7-9-11-13-15-17-19-21-22-23-24-25-26-27-28-29-30-31-32-33-34-35-36-37-38-40-41-43-45-47-49-51-53-55-62(65)69-59-61(60-71-73(67,68)70-58-57-64)72-63(66)56-54-52-50-48-46-44-42-39-20-18-16-14-12-10-8-6-4-2/h12,14,18,20-22,61H,3-11,13,15-17,19,23-60,64H2,1-2H3,(H,67,68)/b14-12-,20-18-,22-21-. The molecule has 73 heavy (non-hydrogen) atoms. The van der Waals surface area contributed by atoms with Gasteiger partial charge in [-0.2, -0.15) is 0 Å². The lowest BCUT2D eigenvalue weighted by atomic mass is 10.0. The number of unbranched alkanes of at least 4 members (excludes halogenated alkanes) is 41. The van der Waals surface area contributed by atoms with Crippen LogP contribution in [0, 0.1) is 0 Å². The zero-order valence-electron chi connectivity index (χ0n) is 48.1. The molecule has 0 fully saturated rings. The molecule has 0 heterocycles. The summed E-state index contributed by atoms with van der Waals surface area (Å²) in [4.78, 5) is 35.2. The summed E-state index contributed by atoms with van der Waals surface area (Å²) < 4.78 is 33.0. The number of rotatable bonds is 60. The van der Waals surface area contributed by atoms with Gasteiger partial charge in [-0.3, -0.25) is 18.6 Å². The van der Waals surface area contributed by atoms with Gasteiger partial charge >= 0.3 is 19.8 Å². The number of allylic oxidation sites excluding steroid dienone is 6. The van der Waals surface area contributed by atoms with Crippen LogP contribution in [-0.4, -0.2) is 49.3 Å². The molecule has 0 rings (SSSR count). The minimum Gasteiger partial charge on any atom is -0.462 e. The van der Waals surface area contributed by atoms with Gasteiger partial charge in [-0.15, -0.1) is 0 Å². The van der Waals surface area contributed by atoms with Crippen molar-refractivity contribution in [3.8, 4) is 0 Å². The van der Waals surface area contributed by atoms with Crippen molar-refractivity contribution in [2.45, 2.75) is 328 Å². The van der Waals surface area contributed by atoms with Crippen LogP contribution in [0.4, 0.5) is 0 Å². The molecule has 2 unspecified atom stereocenters. The van der Waals surface area contributed by atoms with Crippen LogP contribution in [-0.2, 0) is 32.7 Å². The van der Waals surface area contributed by atoms with Crippen molar-refractivity contribution in [1.82, 2.24) is 0 Å². The van der Waals surface area contributed by atoms with Crippen molar-refractivity contribution >= 4 is 19.8 Å². The fraction of sp³-hybridized carbons (Fsp3) is 0.873. The maximum atomic E-state index is 12.7. The van der Waals surface area contributed by atoms with Gasteiger partial charge in [0, 0.05) is 19.4 Å². The smallest absolute Gasteiger partial charge is 0.462 e. The SMILES string of the molecule is CCCCC/C=C\C/C=C\CCCCCCCCCC(=O)OC(COC(=O)CCCCCCCCCCCCCCCCCCCCCCCCC/C=C\CCCCCCCCCC)COP(=O)(O)OCCN. The van der Waals surface area contributed by atoms with E-state index < -0.39 is 26.5 Å². The Kier molecular flexibility index (Phi) is 58.0. The minimum atomic E-state index is -4.39. The van der Waals surface area contributed by atoms with Gasteiger partial charge in [0.25, 0.3) is 0 Å². The molecule has 10 heteroatoms. The Morgan fingerprint density at radius 2 is 0.712 bits per heavy atom. The zero-order valence-corrected chi connectivity index (χ0v) is 49.0. The monoisotopic (exact) mass is 1050 g/mol. The Bertz CT molecular complexity index is 1290. The molecule has 430 valence electrons. The lowest BCUT2D eigenvalue weighted by Crippen LogP contribution is -2.29. The molecule has 0 spiro atoms. The number of ether oxygens (including phenoxy) is 2. The van der Waals surface area contributed by atoms with Gasteiger partial charge in [0.2, 0.25) is 0 Å². The Hall–Kier alpha value is -1.77. The number of nitrogens with two attached hydrogens (primary N) is 1. The molecule has 9 nitrogen and oxygen atoms in total. The number of hydrogen-bond donors (Lipinski definition) is 2. The van der Waals surface area contributed by atoms with E-state index in [9.17, 15) is 19.0 Å². The second-order valence-electron chi connectivity index (χ2n) is 21.3. The second-order valence-corrected chi connectivity index (χ2v) is 22.7. The normalized spacial score (nSPS) is 13.2. The Labute approximate surface area is 452 Å². The third-order valence-corrected chi connectivity index (χ3v) is 15.0. The van der Waals surface area contributed by atoms with E-state index in [1.807, 2.05) is 0 Å². The number of hydrogen-bond acceptors (Lipinski definition) is 8. The molecular weight excluding hydrogens is 930 g/mol. The molecule has 0 aromatic carbocycles. The van der Waals surface area contributed by atoms with Crippen molar-refractivity contribution in [3.63, 3.8) is 0 Å². The van der Waals surface area contributed by atoms with E-state index >= 15 is 0 Å². The maximum absolute atomic E-state index is 12.7. The molecule has 0 saturated heterocycles. The number of phosphoric acid groups is 1. The van der Waals surface area contributed by atoms with Crippen LogP contribution in [0.15, 0.2) is 36.5 Å². The van der Waals surface area contributed by atoms with E-state index in [1.165, 1.54) is 238 Å². The summed E-state index contributed by atoms with van der Waals surface area (Å²) in [5, 5.41) is 0. The maximum Gasteiger partial charge on any atom is 0.472 e. The van der Waals surface area contributed by atoms with Crippen LogP contribution >= 0.6 is 7.82 Å². The van der Waals surface area contributed by atoms with Gasteiger partial charge in [0.05, 0.1) is 13.2 Å². The highest BCUT2D eigenvalue weighted by atomic mass is 31.2. The third-order valence-electron chi connectivity index (χ3n) is 14.0. The Balaban J connectivity index is 3.80. The summed E-state index contributed by atoms with van der Waals surface area (Å²) in [6.07, 6.45) is 72.3. The summed E-state index contributed by atoms with van der Waals surface area (Å²) in [6.45, 7) is 3.75. The highest BCUT2D eigenvalue weighted by molar-refractivity contribution is 7.47.